The van der Waals surface area contributed by atoms with Gasteiger partial charge in [0.05, 0.1) is 0 Å². The molecule has 1 aliphatic heterocycles. The molecular formula is C16H22O2. The Balaban J connectivity index is 2.66. The molecule has 0 radical (unpaired) electrons. The second-order valence-corrected chi connectivity index (χ2v) is 6.15. The highest BCUT2D eigenvalue weighted by atomic mass is 16.5. The van der Waals surface area contributed by atoms with Crippen molar-refractivity contribution in [1.29, 1.82) is 0 Å². The zero-order valence-corrected chi connectivity index (χ0v) is 12.2. The summed E-state index contributed by atoms with van der Waals surface area (Å²) in [6.45, 7) is 12.3. The highest BCUT2D eigenvalue weighted by molar-refractivity contribution is 5.96. The van der Waals surface area contributed by atoms with Crippen LogP contribution in [-0.2, 0) is 11.8 Å². The molecule has 0 spiro atoms. The van der Waals surface area contributed by atoms with E-state index in [2.05, 4.69) is 40.7 Å². The Morgan fingerprint density at radius 2 is 1.83 bits per heavy atom. The average molecular weight is 246 g/mol. The van der Waals surface area contributed by atoms with E-state index >= 15 is 0 Å². The van der Waals surface area contributed by atoms with Crippen molar-refractivity contribution in [3.63, 3.8) is 0 Å². The highest BCUT2D eigenvalue weighted by Gasteiger charge is 2.48. The maximum Gasteiger partial charge on any atom is 0.160 e. The van der Waals surface area contributed by atoms with E-state index in [1.807, 2.05) is 6.07 Å². The van der Waals surface area contributed by atoms with Gasteiger partial charge in [-0.2, -0.15) is 0 Å². The topological polar surface area (TPSA) is 26.3 Å². The maximum absolute atomic E-state index is 11.7. The zero-order chi connectivity index (χ0) is 13.7. The summed E-state index contributed by atoms with van der Waals surface area (Å²) in [6.07, 6.45) is 0.874. The predicted octanol–water partition coefficient (Wildman–Crippen LogP) is 3.90. The fraction of sp³-hybridized carbons (Fsp3) is 0.562. The largest absolute Gasteiger partial charge is 0.487 e. The van der Waals surface area contributed by atoms with Crippen LogP contribution in [0.15, 0.2) is 12.1 Å². The first kappa shape index (κ1) is 13.1. The van der Waals surface area contributed by atoms with Crippen LogP contribution in [0.4, 0.5) is 0 Å². The summed E-state index contributed by atoms with van der Waals surface area (Å²) < 4.78 is 6.05. The number of hydrogen-bond acceptors (Lipinski definition) is 2. The third-order valence-corrected chi connectivity index (χ3v) is 4.51. The van der Waals surface area contributed by atoms with Crippen LogP contribution < -0.4 is 4.74 Å². The van der Waals surface area contributed by atoms with Gasteiger partial charge in [-0.05, 0) is 38.8 Å². The summed E-state index contributed by atoms with van der Waals surface area (Å²) in [5.74, 6) is 0.980. The van der Waals surface area contributed by atoms with E-state index in [-0.39, 0.29) is 16.8 Å². The number of fused-ring (bicyclic) bond motifs is 1. The lowest BCUT2D eigenvalue weighted by Gasteiger charge is -2.33. The fourth-order valence-corrected chi connectivity index (χ4v) is 2.54. The summed E-state index contributed by atoms with van der Waals surface area (Å²) in [5, 5.41) is 0. The molecule has 2 nitrogen and oxygen atoms in total. The normalized spacial score (nSPS) is 19.2. The van der Waals surface area contributed by atoms with E-state index < -0.39 is 0 Å². The number of carbonyl (C=O) groups is 1. The summed E-state index contributed by atoms with van der Waals surface area (Å²) >= 11 is 0. The van der Waals surface area contributed by atoms with Crippen LogP contribution in [0.25, 0.3) is 0 Å². The van der Waals surface area contributed by atoms with Gasteiger partial charge in [-0.25, -0.2) is 0 Å². The average Bonchev–Trinajstić information content (AvgIpc) is 2.43. The van der Waals surface area contributed by atoms with E-state index in [1.54, 1.807) is 6.92 Å². The number of aryl methyl sites for hydroxylation is 1. The number of ether oxygens (including phenoxy) is 1. The number of benzene rings is 1. The molecule has 1 aromatic rings. The van der Waals surface area contributed by atoms with Crippen LogP contribution in [-0.4, -0.2) is 11.4 Å². The second-order valence-electron chi connectivity index (χ2n) is 6.15. The zero-order valence-electron chi connectivity index (χ0n) is 12.2. The molecule has 0 unspecified atom stereocenters. The van der Waals surface area contributed by atoms with Crippen molar-refractivity contribution >= 4 is 5.78 Å². The van der Waals surface area contributed by atoms with Crippen molar-refractivity contribution in [2.24, 2.45) is 0 Å². The maximum atomic E-state index is 11.7. The Kier molecular flexibility index (Phi) is 2.80. The molecule has 0 saturated heterocycles. The Morgan fingerprint density at radius 1 is 1.22 bits per heavy atom. The molecule has 0 aliphatic carbocycles. The molecule has 0 N–H and O–H groups in total. The Morgan fingerprint density at radius 3 is 2.33 bits per heavy atom. The van der Waals surface area contributed by atoms with Crippen LogP contribution in [0.5, 0.6) is 5.75 Å². The van der Waals surface area contributed by atoms with Crippen molar-refractivity contribution in [2.75, 3.05) is 0 Å². The van der Waals surface area contributed by atoms with Crippen LogP contribution in [0, 0.1) is 0 Å². The molecule has 1 heterocycles. The number of ketones is 1. The molecule has 1 aromatic carbocycles. The van der Waals surface area contributed by atoms with Crippen molar-refractivity contribution in [1.82, 2.24) is 0 Å². The molecule has 0 bridgehead atoms. The number of carbonyl (C=O) groups excluding carboxylic acids is 1. The predicted molar refractivity (Wildman–Crippen MR) is 73.6 cm³/mol. The standard InChI is InChI=1S/C16H22O2/c1-7-11-8-13-14(9-12(11)10(2)17)18-16(5,6)15(13,3)4/h8-9H,7H2,1-6H3. The molecule has 1 aliphatic rings. The van der Waals surface area contributed by atoms with Gasteiger partial charge < -0.3 is 4.74 Å². The fourth-order valence-electron chi connectivity index (χ4n) is 2.54. The number of Topliss-reactive ketones (excluding diaryl/α,β-unsaturated/α-hetero) is 1. The lowest BCUT2D eigenvalue weighted by molar-refractivity contribution is 0.0711. The van der Waals surface area contributed by atoms with Crippen LogP contribution in [0.3, 0.4) is 0 Å². The van der Waals surface area contributed by atoms with E-state index in [4.69, 9.17) is 4.74 Å². The molecule has 2 rings (SSSR count). The minimum atomic E-state index is -0.240. The molecule has 0 aromatic heterocycles. The Hall–Kier alpha value is -1.31. The molecule has 0 saturated carbocycles. The van der Waals surface area contributed by atoms with E-state index in [0.29, 0.717) is 0 Å². The molecule has 18 heavy (non-hydrogen) atoms. The van der Waals surface area contributed by atoms with Crippen LogP contribution >= 0.6 is 0 Å². The van der Waals surface area contributed by atoms with E-state index in [9.17, 15) is 4.79 Å². The summed E-state index contributed by atoms with van der Waals surface area (Å²) in [7, 11) is 0. The third-order valence-electron chi connectivity index (χ3n) is 4.51. The van der Waals surface area contributed by atoms with Crippen LogP contribution in [0.2, 0.25) is 0 Å². The second kappa shape index (κ2) is 3.84. The summed E-state index contributed by atoms with van der Waals surface area (Å²) in [5.41, 5.74) is 2.85. The van der Waals surface area contributed by atoms with Gasteiger partial charge >= 0.3 is 0 Å². The lowest BCUT2D eigenvalue weighted by atomic mass is 9.73. The molecule has 98 valence electrons. The molecule has 2 heteroatoms. The lowest BCUT2D eigenvalue weighted by Crippen LogP contribution is -2.42. The Labute approximate surface area is 109 Å². The van der Waals surface area contributed by atoms with Crippen molar-refractivity contribution in [3.8, 4) is 5.75 Å². The monoisotopic (exact) mass is 246 g/mol. The molecule has 0 fully saturated rings. The van der Waals surface area contributed by atoms with Gasteiger partial charge in [-0.15, -0.1) is 0 Å². The smallest absolute Gasteiger partial charge is 0.160 e. The first-order valence-corrected chi connectivity index (χ1v) is 6.58. The first-order chi connectivity index (χ1) is 8.20. The minimum Gasteiger partial charge on any atom is -0.487 e. The van der Waals surface area contributed by atoms with Crippen LogP contribution in [0.1, 0.15) is 63.0 Å². The number of hydrogen-bond donors (Lipinski definition) is 0. The molecular weight excluding hydrogens is 224 g/mol. The van der Waals surface area contributed by atoms with Gasteiger partial charge in [0.25, 0.3) is 0 Å². The molecule has 0 atom stereocenters. The van der Waals surface area contributed by atoms with E-state index in [1.165, 1.54) is 5.56 Å². The SMILES string of the molecule is CCc1cc2c(cc1C(C)=O)OC(C)(C)C2(C)C. The Bertz CT molecular complexity index is 510. The molecule has 0 amide bonds. The first-order valence-electron chi connectivity index (χ1n) is 6.58. The van der Waals surface area contributed by atoms with E-state index in [0.717, 1.165) is 23.3 Å². The number of rotatable bonds is 2. The van der Waals surface area contributed by atoms with Crippen molar-refractivity contribution in [3.05, 3.63) is 28.8 Å². The van der Waals surface area contributed by atoms with Gasteiger partial charge in [-0.1, -0.05) is 26.8 Å². The summed E-state index contributed by atoms with van der Waals surface area (Å²) in [4.78, 5) is 11.7. The van der Waals surface area contributed by atoms with Gasteiger partial charge in [0.15, 0.2) is 5.78 Å². The van der Waals surface area contributed by atoms with Gasteiger partial charge in [0.2, 0.25) is 0 Å². The summed E-state index contributed by atoms with van der Waals surface area (Å²) in [6, 6.07) is 4.08. The quantitative estimate of drug-likeness (QED) is 0.740. The van der Waals surface area contributed by atoms with Gasteiger partial charge in [0, 0.05) is 16.5 Å². The van der Waals surface area contributed by atoms with Gasteiger partial charge in [0.1, 0.15) is 11.4 Å². The minimum absolute atomic E-state index is 0.0401. The highest BCUT2D eigenvalue weighted by Crippen LogP contribution is 2.49. The third kappa shape index (κ3) is 1.66. The van der Waals surface area contributed by atoms with Crippen molar-refractivity contribution in [2.45, 2.75) is 59.0 Å². The van der Waals surface area contributed by atoms with Gasteiger partial charge in [-0.3, -0.25) is 4.79 Å². The van der Waals surface area contributed by atoms with Crippen molar-refractivity contribution < 1.29 is 9.53 Å².